The lowest BCUT2D eigenvalue weighted by atomic mass is 9.76. The topological polar surface area (TPSA) is 15.3 Å². The van der Waals surface area contributed by atoms with Crippen molar-refractivity contribution in [2.45, 2.75) is 50.1 Å². The molecule has 1 heterocycles. The molecule has 0 spiro atoms. The molecule has 1 N–H and O–H groups in total. The van der Waals surface area contributed by atoms with Gasteiger partial charge in [0.2, 0.25) is 0 Å². The minimum atomic E-state index is 0.716. The van der Waals surface area contributed by atoms with Gasteiger partial charge in [0.15, 0.2) is 0 Å². The molecular formula is C18H25ClN2. The first-order valence-electron chi connectivity index (χ1n) is 8.51. The van der Waals surface area contributed by atoms with Crippen LogP contribution in [0, 0.1) is 5.92 Å². The second-order valence-electron chi connectivity index (χ2n) is 7.21. The Hall–Kier alpha value is -0.570. The number of halogens is 1. The predicted molar refractivity (Wildman–Crippen MR) is 87.9 cm³/mol. The van der Waals surface area contributed by atoms with E-state index in [-0.39, 0.29) is 0 Å². The first-order valence-corrected chi connectivity index (χ1v) is 8.88. The van der Waals surface area contributed by atoms with Crippen molar-refractivity contribution >= 4 is 11.6 Å². The van der Waals surface area contributed by atoms with Gasteiger partial charge in [0, 0.05) is 23.7 Å². The third kappa shape index (κ3) is 3.28. The van der Waals surface area contributed by atoms with Gasteiger partial charge >= 0.3 is 0 Å². The molecule has 2 nitrogen and oxygen atoms in total. The summed E-state index contributed by atoms with van der Waals surface area (Å²) in [4.78, 5) is 2.71. The van der Waals surface area contributed by atoms with Crippen molar-refractivity contribution in [3.05, 3.63) is 34.9 Å². The van der Waals surface area contributed by atoms with Gasteiger partial charge in [-0.2, -0.15) is 0 Å². The predicted octanol–water partition coefficient (Wildman–Crippen LogP) is 3.66. The van der Waals surface area contributed by atoms with Crippen LogP contribution in [0.3, 0.4) is 0 Å². The summed E-state index contributed by atoms with van der Waals surface area (Å²) >= 11 is 6.08. The summed E-state index contributed by atoms with van der Waals surface area (Å²) in [6.07, 6.45) is 6.85. The fourth-order valence-corrected chi connectivity index (χ4v) is 4.15. The maximum atomic E-state index is 6.08. The molecule has 0 aromatic heterocycles. The lowest BCUT2D eigenvalue weighted by Crippen LogP contribution is -2.42. The summed E-state index contributed by atoms with van der Waals surface area (Å²) in [6, 6.07) is 10.1. The second kappa shape index (κ2) is 5.91. The molecule has 1 atom stereocenters. The van der Waals surface area contributed by atoms with Crippen LogP contribution in [-0.4, -0.2) is 36.6 Å². The molecule has 0 radical (unpaired) electrons. The van der Waals surface area contributed by atoms with Crippen LogP contribution in [0.15, 0.2) is 24.3 Å². The quantitative estimate of drug-likeness (QED) is 0.893. The van der Waals surface area contributed by atoms with E-state index in [1.165, 1.54) is 57.3 Å². The van der Waals surface area contributed by atoms with Crippen LogP contribution in [0.5, 0.6) is 0 Å². The Labute approximate surface area is 132 Å². The fourth-order valence-electron chi connectivity index (χ4n) is 3.95. The van der Waals surface area contributed by atoms with Gasteiger partial charge in [-0.1, -0.05) is 23.7 Å². The molecule has 21 heavy (non-hydrogen) atoms. The Morgan fingerprint density at radius 2 is 2.05 bits per heavy atom. The van der Waals surface area contributed by atoms with Crippen LogP contribution >= 0.6 is 11.6 Å². The van der Waals surface area contributed by atoms with Gasteiger partial charge in [0.25, 0.3) is 0 Å². The maximum absolute atomic E-state index is 6.08. The van der Waals surface area contributed by atoms with E-state index in [1.807, 2.05) is 6.07 Å². The zero-order valence-corrected chi connectivity index (χ0v) is 13.4. The Kier molecular flexibility index (Phi) is 3.95. The van der Waals surface area contributed by atoms with Crippen molar-refractivity contribution in [1.29, 1.82) is 0 Å². The highest BCUT2D eigenvalue weighted by Crippen LogP contribution is 2.38. The molecule has 2 aliphatic carbocycles. The second-order valence-corrected chi connectivity index (χ2v) is 7.65. The Balaban J connectivity index is 1.19. The molecule has 1 saturated heterocycles. The number of likely N-dealkylation sites (tertiary alicyclic amines) is 1. The Morgan fingerprint density at radius 1 is 1.19 bits per heavy atom. The van der Waals surface area contributed by atoms with Crippen LogP contribution in [0.1, 0.15) is 43.6 Å². The minimum absolute atomic E-state index is 0.716. The molecule has 4 rings (SSSR count). The largest absolute Gasteiger partial charge is 0.314 e. The molecule has 0 bridgehead atoms. The Bertz CT molecular complexity index is 494. The Morgan fingerprint density at radius 3 is 2.81 bits per heavy atom. The van der Waals surface area contributed by atoms with E-state index in [9.17, 15) is 0 Å². The van der Waals surface area contributed by atoms with Crippen LogP contribution in [0.4, 0.5) is 0 Å². The number of nitrogens with one attached hydrogen (secondary N) is 1. The number of hydrogen-bond acceptors (Lipinski definition) is 2. The monoisotopic (exact) mass is 304 g/mol. The van der Waals surface area contributed by atoms with E-state index in [1.54, 1.807) is 0 Å². The summed E-state index contributed by atoms with van der Waals surface area (Å²) in [5.41, 5.74) is 1.42. The molecule has 3 heteroatoms. The third-order valence-corrected chi connectivity index (χ3v) is 5.77. The molecule has 1 aliphatic heterocycles. The maximum Gasteiger partial charge on any atom is 0.0408 e. The van der Waals surface area contributed by atoms with E-state index in [0.29, 0.717) is 5.92 Å². The first-order chi connectivity index (χ1) is 10.3. The van der Waals surface area contributed by atoms with Crippen molar-refractivity contribution in [2.24, 2.45) is 5.92 Å². The van der Waals surface area contributed by atoms with E-state index in [2.05, 4.69) is 28.4 Å². The van der Waals surface area contributed by atoms with Crippen molar-refractivity contribution < 1.29 is 0 Å². The number of rotatable bonds is 5. The zero-order chi connectivity index (χ0) is 14.2. The third-order valence-electron chi connectivity index (χ3n) is 5.53. The highest BCUT2D eigenvalue weighted by Gasteiger charge is 2.35. The van der Waals surface area contributed by atoms with Crippen molar-refractivity contribution in [2.75, 3.05) is 19.6 Å². The molecule has 1 aromatic carbocycles. The van der Waals surface area contributed by atoms with Gasteiger partial charge in [-0.3, -0.25) is 0 Å². The van der Waals surface area contributed by atoms with Crippen molar-refractivity contribution in [3.63, 3.8) is 0 Å². The van der Waals surface area contributed by atoms with Crippen LogP contribution in [-0.2, 0) is 0 Å². The van der Waals surface area contributed by atoms with Gasteiger partial charge in [-0.05, 0) is 74.7 Å². The van der Waals surface area contributed by atoms with Crippen LogP contribution in [0.25, 0.3) is 0 Å². The molecular weight excluding hydrogens is 280 g/mol. The molecule has 3 aliphatic rings. The standard InChI is InChI=1S/C18H25ClN2/c19-16-3-1-2-14(8-16)15-9-17(10-15)20-11-13-6-7-21(12-13)18-4-5-18/h1-3,8,13,15,17-18,20H,4-7,9-12H2. The fraction of sp³-hybridized carbons (Fsp3) is 0.667. The normalized spacial score (nSPS) is 33.1. The zero-order valence-electron chi connectivity index (χ0n) is 12.6. The van der Waals surface area contributed by atoms with Crippen LogP contribution in [0.2, 0.25) is 5.02 Å². The first kappa shape index (κ1) is 14.0. The highest BCUT2D eigenvalue weighted by molar-refractivity contribution is 6.30. The van der Waals surface area contributed by atoms with E-state index in [0.717, 1.165) is 23.0 Å². The SMILES string of the molecule is Clc1cccc(C2CC(NCC3CCN(C4CC4)C3)C2)c1. The number of nitrogens with zero attached hydrogens (tertiary/aromatic N) is 1. The smallest absolute Gasteiger partial charge is 0.0408 e. The number of hydrogen-bond donors (Lipinski definition) is 1. The number of benzene rings is 1. The molecule has 1 aromatic rings. The van der Waals surface area contributed by atoms with Gasteiger partial charge < -0.3 is 10.2 Å². The van der Waals surface area contributed by atoms with Gasteiger partial charge in [0.05, 0.1) is 0 Å². The molecule has 2 saturated carbocycles. The highest BCUT2D eigenvalue weighted by atomic mass is 35.5. The van der Waals surface area contributed by atoms with Crippen molar-refractivity contribution in [1.82, 2.24) is 10.2 Å². The van der Waals surface area contributed by atoms with E-state index >= 15 is 0 Å². The lowest BCUT2D eigenvalue weighted by molar-refractivity contribution is 0.268. The average molecular weight is 305 g/mol. The minimum Gasteiger partial charge on any atom is -0.314 e. The lowest BCUT2D eigenvalue weighted by Gasteiger charge is -2.37. The van der Waals surface area contributed by atoms with Gasteiger partial charge in [-0.25, -0.2) is 0 Å². The van der Waals surface area contributed by atoms with Crippen LogP contribution < -0.4 is 5.32 Å². The molecule has 114 valence electrons. The van der Waals surface area contributed by atoms with Crippen molar-refractivity contribution in [3.8, 4) is 0 Å². The summed E-state index contributed by atoms with van der Waals surface area (Å²) in [5, 5.41) is 4.67. The van der Waals surface area contributed by atoms with Gasteiger partial charge in [-0.15, -0.1) is 0 Å². The summed E-state index contributed by atoms with van der Waals surface area (Å²) in [7, 11) is 0. The van der Waals surface area contributed by atoms with Gasteiger partial charge in [0.1, 0.15) is 0 Å². The molecule has 1 unspecified atom stereocenters. The van der Waals surface area contributed by atoms with E-state index < -0.39 is 0 Å². The summed E-state index contributed by atoms with van der Waals surface area (Å²) < 4.78 is 0. The molecule has 3 fully saturated rings. The summed E-state index contributed by atoms with van der Waals surface area (Å²) in [5.74, 6) is 1.60. The molecule has 0 amide bonds. The average Bonchev–Trinajstić information content (AvgIpc) is 3.17. The summed E-state index contributed by atoms with van der Waals surface area (Å²) in [6.45, 7) is 3.89. The van der Waals surface area contributed by atoms with E-state index in [4.69, 9.17) is 11.6 Å².